The highest BCUT2D eigenvalue weighted by Gasteiger charge is 2.09. The lowest BCUT2D eigenvalue weighted by Crippen LogP contribution is -2.30. The maximum atomic E-state index is 12.1. The molecule has 5 heteroatoms. The number of hydrogen-bond acceptors (Lipinski definition) is 2. The van der Waals surface area contributed by atoms with E-state index in [9.17, 15) is 4.79 Å². The Morgan fingerprint density at radius 2 is 2.00 bits per heavy atom. The molecular weight excluding hydrogens is 274 g/mol. The van der Waals surface area contributed by atoms with Gasteiger partial charge in [-0.15, -0.1) is 0 Å². The predicted octanol–water partition coefficient (Wildman–Crippen LogP) is 3.59. The molecule has 0 aliphatic heterocycles. The van der Waals surface area contributed by atoms with Crippen LogP contribution in [0.4, 0.5) is 16.2 Å². The smallest absolute Gasteiger partial charge is 0.321 e. The summed E-state index contributed by atoms with van der Waals surface area (Å²) in [6.07, 6.45) is 0. The number of nitrogens with one attached hydrogen (secondary N) is 1. The van der Waals surface area contributed by atoms with Gasteiger partial charge in [-0.25, -0.2) is 4.79 Å². The highest BCUT2D eigenvalue weighted by atomic mass is 35.5. The van der Waals surface area contributed by atoms with Crippen LogP contribution in [-0.4, -0.2) is 18.0 Å². The molecule has 0 atom stereocenters. The van der Waals surface area contributed by atoms with Gasteiger partial charge in [-0.2, -0.15) is 0 Å². The number of carbonyl (C=O) groups is 1. The Bertz CT molecular complexity index is 616. The molecule has 0 aromatic heterocycles. The van der Waals surface area contributed by atoms with Crippen molar-refractivity contribution >= 4 is 29.0 Å². The Labute approximate surface area is 123 Å². The van der Waals surface area contributed by atoms with Crippen LogP contribution in [0.15, 0.2) is 48.5 Å². The summed E-state index contributed by atoms with van der Waals surface area (Å²) < 4.78 is 0. The first-order valence-electron chi connectivity index (χ1n) is 6.17. The summed E-state index contributed by atoms with van der Waals surface area (Å²) in [5.41, 5.74) is 7.93. The van der Waals surface area contributed by atoms with Gasteiger partial charge in [-0.1, -0.05) is 29.8 Å². The van der Waals surface area contributed by atoms with E-state index in [1.807, 2.05) is 18.2 Å². The third-order valence-electron chi connectivity index (χ3n) is 2.79. The Morgan fingerprint density at radius 3 is 2.70 bits per heavy atom. The van der Waals surface area contributed by atoms with E-state index in [1.165, 1.54) is 0 Å². The summed E-state index contributed by atoms with van der Waals surface area (Å²) in [5, 5.41) is 3.45. The van der Waals surface area contributed by atoms with Gasteiger partial charge in [0.2, 0.25) is 0 Å². The zero-order valence-corrected chi connectivity index (χ0v) is 11.9. The minimum Gasteiger partial charge on any atom is -0.399 e. The van der Waals surface area contributed by atoms with E-state index in [0.717, 1.165) is 5.56 Å². The molecule has 0 aliphatic carbocycles. The molecular formula is C15H16ClN3O. The van der Waals surface area contributed by atoms with E-state index in [1.54, 1.807) is 42.3 Å². The van der Waals surface area contributed by atoms with E-state index in [0.29, 0.717) is 22.9 Å². The fourth-order valence-corrected chi connectivity index (χ4v) is 2.03. The molecule has 0 bridgehead atoms. The summed E-state index contributed by atoms with van der Waals surface area (Å²) in [6, 6.07) is 14.3. The second kappa shape index (κ2) is 6.30. The van der Waals surface area contributed by atoms with Crippen molar-refractivity contribution in [2.24, 2.45) is 0 Å². The SMILES string of the molecule is CN(Cc1cccc(Cl)c1)C(=O)Nc1cccc(N)c1. The summed E-state index contributed by atoms with van der Waals surface area (Å²) in [6.45, 7) is 0.481. The van der Waals surface area contributed by atoms with E-state index in [4.69, 9.17) is 17.3 Å². The molecule has 3 N–H and O–H groups in total. The van der Waals surface area contributed by atoms with E-state index < -0.39 is 0 Å². The van der Waals surface area contributed by atoms with Crippen molar-refractivity contribution in [2.45, 2.75) is 6.54 Å². The van der Waals surface area contributed by atoms with Gasteiger partial charge in [0.15, 0.2) is 0 Å². The van der Waals surface area contributed by atoms with Gasteiger partial charge in [-0.3, -0.25) is 0 Å². The van der Waals surface area contributed by atoms with E-state index in [-0.39, 0.29) is 6.03 Å². The summed E-state index contributed by atoms with van der Waals surface area (Å²) in [7, 11) is 1.72. The summed E-state index contributed by atoms with van der Waals surface area (Å²) in [5.74, 6) is 0. The highest BCUT2D eigenvalue weighted by Crippen LogP contribution is 2.14. The number of rotatable bonds is 3. The first kappa shape index (κ1) is 14.2. The fourth-order valence-electron chi connectivity index (χ4n) is 1.82. The summed E-state index contributed by atoms with van der Waals surface area (Å²) in [4.78, 5) is 13.6. The summed E-state index contributed by atoms with van der Waals surface area (Å²) >= 11 is 5.92. The van der Waals surface area contributed by atoms with Crippen molar-refractivity contribution in [1.29, 1.82) is 0 Å². The number of benzene rings is 2. The van der Waals surface area contributed by atoms with Gasteiger partial charge in [0.05, 0.1) is 0 Å². The van der Waals surface area contributed by atoms with Gasteiger partial charge in [0, 0.05) is 30.0 Å². The van der Waals surface area contributed by atoms with Crippen LogP contribution < -0.4 is 11.1 Å². The van der Waals surface area contributed by atoms with Crippen LogP contribution in [0.2, 0.25) is 5.02 Å². The number of urea groups is 1. The molecule has 0 aliphatic rings. The number of anilines is 2. The second-order valence-electron chi connectivity index (χ2n) is 4.54. The van der Waals surface area contributed by atoms with Gasteiger partial charge in [0.25, 0.3) is 0 Å². The molecule has 0 heterocycles. The lowest BCUT2D eigenvalue weighted by atomic mass is 10.2. The number of carbonyl (C=O) groups excluding carboxylic acids is 1. The van der Waals surface area contributed by atoms with Crippen LogP contribution in [0.3, 0.4) is 0 Å². The Morgan fingerprint density at radius 1 is 1.25 bits per heavy atom. The van der Waals surface area contributed by atoms with Crippen molar-refractivity contribution in [3.05, 3.63) is 59.1 Å². The number of amides is 2. The van der Waals surface area contributed by atoms with Crippen LogP contribution >= 0.6 is 11.6 Å². The molecule has 0 spiro atoms. The first-order valence-corrected chi connectivity index (χ1v) is 6.54. The maximum Gasteiger partial charge on any atom is 0.321 e. The Kier molecular flexibility index (Phi) is 4.48. The van der Waals surface area contributed by atoms with Crippen molar-refractivity contribution in [3.8, 4) is 0 Å². The Balaban J connectivity index is 1.98. The molecule has 2 aromatic carbocycles. The first-order chi connectivity index (χ1) is 9.54. The lowest BCUT2D eigenvalue weighted by Gasteiger charge is -2.18. The molecule has 0 saturated carbocycles. The van der Waals surface area contributed by atoms with Crippen molar-refractivity contribution in [3.63, 3.8) is 0 Å². The maximum absolute atomic E-state index is 12.1. The third kappa shape index (κ3) is 3.90. The quantitative estimate of drug-likeness (QED) is 0.849. The number of nitrogens with zero attached hydrogens (tertiary/aromatic N) is 1. The standard InChI is InChI=1S/C15H16ClN3O/c1-19(10-11-4-2-5-12(16)8-11)15(20)18-14-7-3-6-13(17)9-14/h2-9H,10,17H2,1H3,(H,18,20). The van der Waals surface area contributed by atoms with E-state index in [2.05, 4.69) is 5.32 Å². The average molecular weight is 290 g/mol. The normalized spacial score (nSPS) is 10.1. The number of nitrogens with two attached hydrogens (primary N) is 1. The molecule has 2 aromatic rings. The molecule has 0 saturated heterocycles. The predicted molar refractivity (Wildman–Crippen MR) is 82.8 cm³/mol. The van der Waals surface area contributed by atoms with Gasteiger partial charge in [-0.05, 0) is 35.9 Å². The topological polar surface area (TPSA) is 58.4 Å². The zero-order chi connectivity index (χ0) is 14.5. The van der Waals surface area contributed by atoms with Crippen LogP contribution in [0.25, 0.3) is 0 Å². The van der Waals surface area contributed by atoms with Gasteiger partial charge >= 0.3 is 6.03 Å². The molecule has 104 valence electrons. The molecule has 2 rings (SSSR count). The van der Waals surface area contributed by atoms with Crippen LogP contribution in [0.1, 0.15) is 5.56 Å². The second-order valence-corrected chi connectivity index (χ2v) is 4.98. The zero-order valence-electron chi connectivity index (χ0n) is 11.1. The monoisotopic (exact) mass is 289 g/mol. The van der Waals surface area contributed by atoms with Crippen LogP contribution in [0, 0.1) is 0 Å². The largest absolute Gasteiger partial charge is 0.399 e. The molecule has 0 fully saturated rings. The van der Waals surface area contributed by atoms with Crippen LogP contribution in [-0.2, 0) is 6.54 Å². The molecule has 4 nitrogen and oxygen atoms in total. The number of hydrogen-bond donors (Lipinski definition) is 2. The molecule has 20 heavy (non-hydrogen) atoms. The van der Waals surface area contributed by atoms with Crippen molar-refractivity contribution in [2.75, 3.05) is 18.1 Å². The molecule has 0 unspecified atom stereocenters. The number of nitrogen functional groups attached to an aromatic ring is 1. The van der Waals surface area contributed by atoms with Gasteiger partial charge < -0.3 is 16.0 Å². The third-order valence-corrected chi connectivity index (χ3v) is 3.03. The molecule has 0 radical (unpaired) electrons. The van der Waals surface area contributed by atoms with Crippen molar-refractivity contribution in [1.82, 2.24) is 4.90 Å². The van der Waals surface area contributed by atoms with Gasteiger partial charge in [0.1, 0.15) is 0 Å². The van der Waals surface area contributed by atoms with Crippen molar-refractivity contribution < 1.29 is 4.79 Å². The lowest BCUT2D eigenvalue weighted by molar-refractivity contribution is 0.220. The number of halogens is 1. The molecule has 2 amide bonds. The highest BCUT2D eigenvalue weighted by molar-refractivity contribution is 6.30. The minimum absolute atomic E-state index is 0.199. The van der Waals surface area contributed by atoms with Crippen LogP contribution in [0.5, 0.6) is 0 Å². The average Bonchev–Trinajstić information content (AvgIpc) is 2.38. The minimum atomic E-state index is -0.199. The Hall–Kier alpha value is -2.20. The van der Waals surface area contributed by atoms with E-state index >= 15 is 0 Å². The fraction of sp³-hybridized carbons (Fsp3) is 0.133.